The normalized spacial score (nSPS) is 16.1. The van der Waals surface area contributed by atoms with E-state index in [4.69, 9.17) is 11.5 Å². The lowest BCUT2D eigenvalue weighted by Crippen LogP contribution is -2.26. The van der Waals surface area contributed by atoms with Gasteiger partial charge in [-0.3, -0.25) is 4.57 Å². The Hall–Kier alpha value is -2.10. The van der Waals surface area contributed by atoms with Crippen LogP contribution in [0.15, 0.2) is 22.3 Å². The van der Waals surface area contributed by atoms with Gasteiger partial charge in [0.05, 0.1) is 5.03 Å². The predicted molar refractivity (Wildman–Crippen MR) is 101 cm³/mol. The molecular weight excluding hydrogens is 365 g/mol. The van der Waals surface area contributed by atoms with Gasteiger partial charge in [0.2, 0.25) is 5.95 Å². The second-order valence-corrected chi connectivity index (χ2v) is 7.31. The van der Waals surface area contributed by atoms with Gasteiger partial charge in [0.15, 0.2) is 0 Å². The molecule has 0 unspecified atom stereocenters. The van der Waals surface area contributed by atoms with Crippen molar-refractivity contribution in [2.45, 2.75) is 25.9 Å². The second-order valence-electron chi connectivity index (χ2n) is 5.97. The topological polar surface area (TPSA) is 85.5 Å². The fourth-order valence-electron chi connectivity index (χ4n) is 2.23. The summed E-state index contributed by atoms with van der Waals surface area (Å²) >= 11 is 1.59. The standard InChI is InChI=1S/C16H23F3N6S/c1-5-26-9(2)24(3)14(10-6-7-10)23-15-22-11(13(21)25(15)4)8-12(20)16(17,18)19/h8,10H,2,5-7,20-21H2,1,3-4H3/b12-8-,23-14-. The molecule has 0 aromatic carbocycles. The minimum Gasteiger partial charge on any atom is -0.395 e. The molecule has 6 nitrogen and oxygen atoms in total. The molecule has 2 rings (SSSR count). The van der Waals surface area contributed by atoms with Crippen LogP contribution in [0, 0.1) is 5.92 Å². The summed E-state index contributed by atoms with van der Waals surface area (Å²) < 4.78 is 39.4. The van der Waals surface area contributed by atoms with E-state index in [1.165, 1.54) is 4.57 Å². The summed E-state index contributed by atoms with van der Waals surface area (Å²) in [5, 5.41) is 0.849. The molecule has 0 bridgehead atoms. The first-order valence-corrected chi connectivity index (χ1v) is 9.05. The van der Waals surface area contributed by atoms with Gasteiger partial charge in [-0.2, -0.15) is 18.2 Å². The third-order valence-electron chi connectivity index (χ3n) is 3.95. The molecular formula is C16H23F3N6S. The molecule has 0 saturated heterocycles. The summed E-state index contributed by atoms with van der Waals surface area (Å²) in [5.74, 6) is 2.24. The highest BCUT2D eigenvalue weighted by molar-refractivity contribution is 8.02. The van der Waals surface area contributed by atoms with Gasteiger partial charge in [-0.15, -0.1) is 11.8 Å². The Morgan fingerprint density at radius 3 is 2.62 bits per heavy atom. The number of rotatable bonds is 6. The molecule has 10 heteroatoms. The molecule has 144 valence electrons. The number of thioether (sulfide) groups is 1. The van der Waals surface area contributed by atoms with E-state index in [0.29, 0.717) is 0 Å². The molecule has 1 fully saturated rings. The van der Waals surface area contributed by atoms with Gasteiger partial charge in [0, 0.05) is 20.0 Å². The predicted octanol–water partition coefficient (Wildman–Crippen LogP) is 3.46. The van der Waals surface area contributed by atoms with Crippen molar-refractivity contribution in [3.8, 4) is 0 Å². The number of alkyl halides is 3. The number of nitrogens with two attached hydrogens (primary N) is 2. The zero-order chi connectivity index (χ0) is 19.6. The lowest BCUT2D eigenvalue weighted by atomic mass is 10.3. The maximum absolute atomic E-state index is 12.7. The highest BCUT2D eigenvalue weighted by Gasteiger charge is 2.33. The highest BCUT2D eigenvalue weighted by Crippen LogP contribution is 2.36. The SMILES string of the molecule is C=C(SCC)N(C)/C(=N\c1nc(/C=C(\N)C(F)(F)F)c(N)n1C)C1CC1. The van der Waals surface area contributed by atoms with E-state index < -0.39 is 11.9 Å². The maximum atomic E-state index is 12.7. The van der Waals surface area contributed by atoms with Crippen molar-refractivity contribution >= 4 is 35.4 Å². The quantitative estimate of drug-likeness (QED) is 0.576. The minimum absolute atomic E-state index is 0.0550. The first-order valence-electron chi connectivity index (χ1n) is 8.06. The highest BCUT2D eigenvalue weighted by atomic mass is 32.2. The van der Waals surface area contributed by atoms with Gasteiger partial charge >= 0.3 is 6.18 Å². The third-order valence-corrected chi connectivity index (χ3v) is 4.85. The van der Waals surface area contributed by atoms with Crippen LogP contribution in [0.25, 0.3) is 6.08 Å². The van der Waals surface area contributed by atoms with Gasteiger partial charge in [-0.1, -0.05) is 13.5 Å². The third kappa shape index (κ3) is 4.54. The fraction of sp³-hybridized carbons (Fsp3) is 0.500. The molecule has 1 aromatic rings. The number of allylic oxidation sites excluding steroid dienone is 1. The van der Waals surface area contributed by atoms with Crippen LogP contribution < -0.4 is 11.5 Å². The van der Waals surface area contributed by atoms with Crippen molar-refractivity contribution < 1.29 is 13.2 Å². The van der Waals surface area contributed by atoms with Crippen molar-refractivity contribution in [2.24, 2.45) is 23.7 Å². The van der Waals surface area contributed by atoms with Crippen LogP contribution in [0.5, 0.6) is 0 Å². The Morgan fingerprint density at radius 2 is 2.12 bits per heavy atom. The lowest BCUT2D eigenvalue weighted by Gasteiger charge is -2.22. The Kier molecular flexibility index (Phi) is 5.94. The molecule has 1 saturated carbocycles. The zero-order valence-corrected chi connectivity index (χ0v) is 15.8. The van der Waals surface area contributed by atoms with Crippen molar-refractivity contribution in [3.63, 3.8) is 0 Å². The van der Waals surface area contributed by atoms with E-state index in [1.807, 2.05) is 18.9 Å². The number of hydrogen-bond donors (Lipinski definition) is 2. The van der Waals surface area contributed by atoms with E-state index in [0.717, 1.165) is 35.5 Å². The number of aromatic nitrogens is 2. The van der Waals surface area contributed by atoms with Gasteiger partial charge in [0.1, 0.15) is 23.0 Å². The smallest absolute Gasteiger partial charge is 0.395 e. The number of aliphatic imine (C=N–C) groups is 1. The van der Waals surface area contributed by atoms with Crippen molar-refractivity contribution in [1.29, 1.82) is 0 Å². The number of nitrogens with zero attached hydrogens (tertiary/aromatic N) is 4. The second kappa shape index (κ2) is 7.65. The first kappa shape index (κ1) is 20.2. The maximum Gasteiger partial charge on any atom is 0.430 e. The van der Waals surface area contributed by atoms with Crippen LogP contribution in [0.4, 0.5) is 24.9 Å². The van der Waals surface area contributed by atoms with Gasteiger partial charge in [-0.25, -0.2) is 4.98 Å². The van der Waals surface area contributed by atoms with E-state index in [9.17, 15) is 13.2 Å². The number of imidazole rings is 1. The Balaban J connectivity index is 2.39. The van der Waals surface area contributed by atoms with Crippen molar-refractivity contribution in [1.82, 2.24) is 14.5 Å². The van der Waals surface area contributed by atoms with Gasteiger partial charge in [-0.05, 0) is 24.7 Å². The van der Waals surface area contributed by atoms with Gasteiger partial charge in [0.25, 0.3) is 0 Å². The summed E-state index contributed by atoms with van der Waals surface area (Å²) in [5.41, 5.74) is 9.62. The summed E-state index contributed by atoms with van der Waals surface area (Å²) in [7, 11) is 3.47. The summed E-state index contributed by atoms with van der Waals surface area (Å²) in [4.78, 5) is 10.6. The summed E-state index contributed by atoms with van der Waals surface area (Å²) in [6.45, 7) is 6.06. The lowest BCUT2D eigenvalue weighted by molar-refractivity contribution is -0.0916. The monoisotopic (exact) mass is 388 g/mol. The Morgan fingerprint density at radius 1 is 1.50 bits per heavy atom. The molecule has 1 aliphatic rings. The average molecular weight is 388 g/mol. The number of halogens is 3. The molecule has 0 atom stereocenters. The molecule has 4 N–H and O–H groups in total. The minimum atomic E-state index is -4.64. The molecule has 0 spiro atoms. The number of anilines is 1. The fourth-order valence-corrected chi connectivity index (χ4v) is 2.85. The average Bonchev–Trinajstić information content (AvgIpc) is 3.35. The largest absolute Gasteiger partial charge is 0.430 e. The van der Waals surface area contributed by atoms with Crippen molar-refractivity contribution in [2.75, 3.05) is 18.5 Å². The summed E-state index contributed by atoms with van der Waals surface area (Å²) in [6, 6.07) is 0. The van der Waals surface area contributed by atoms with Gasteiger partial charge < -0.3 is 16.4 Å². The zero-order valence-electron chi connectivity index (χ0n) is 15.0. The molecule has 26 heavy (non-hydrogen) atoms. The van der Waals surface area contributed by atoms with Crippen LogP contribution in [0.1, 0.15) is 25.5 Å². The molecule has 1 aromatic heterocycles. The van der Waals surface area contributed by atoms with Crippen LogP contribution in [0.3, 0.4) is 0 Å². The summed E-state index contributed by atoms with van der Waals surface area (Å²) in [6.07, 6.45) is -1.91. The van der Waals surface area contributed by atoms with Crippen LogP contribution in [-0.2, 0) is 7.05 Å². The van der Waals surface area contributed by atoms with E-state index in [-0.39, 0.29) is 23.4 Å². The van der Waals surface area contributed by atoms with Crippen molar-refractivity contribution in [3.05, 3.63) is 23.0 Å². The molecule has 1 heterocycles. The number of amidine groups is 1. The molecule has 0 amide bonds. The molecule has 0 aliphatic heterocycles. The van der Waals surface area contributed by atoms with E-state index in [2.05, 4.69) is 16.6 Å². The number of nitrogen functional groups attached to an aromatic ring is 1. The van der Waals surface area contributed by atoms with Crippen LogP contribution >= 0.6 is 11.8 Å². The Bertz CT molecular complexity index is 746. The first-order chi connectivity index (χ1) is 12.1. The van der Waals surface area contributed by atoms with E-state index in [1.54, 1.807) is 18.8 Å². The van der Waals surface area contributed by atoms with Crippen LogP contribution in [0.2, 0.25) is 0 Å². The molecule has 1 aliphatic carbocycles. The van der Waals surface area contributed by atoms with E-state index >= 15 is 0 Å². The Labute approximate surface area is 154 Å². The molecule has 0 radical (unpaired) electrons. The number of hydrogen-bond acceptors (Lipinski definition) is 5. The van der Waals surface area contributed by atoms with Crippen LogP contribution in [-0.4, -0.2) is 39.3 Å².